The minimum absolute atomic E-state index is 0.139. The summed E-state index contributed by atoms with van der Waals surface area (Å²) in [6, 6.07) is 0.254. The number of alkyl halides is 3. The van der Waals surface area contributed by atoms with Crippen molar-refractivity contribution in [2.24, 2.45) is 5.92 Å². The van der Waals surface area contributed by atoms with Gasteiger partial charge in [0.25, 0.3) is 0 Å². The number of rotatable bonds is 3. The van der Waals surface area contributed by atoms with Gasteiger partial charge in [0.15, 0.2) is 0 Å². The summed E-state index contributed by atoms with van der Waals surface area (Å²) < 4.78 is 43.7. The Labute approximate surface area is 118 Å². The first-order valence-corrected chi connectivity index (χ1v) is 6.68. The zero-order valence-electron chi connectivity index (χ0n) is 11.3. The smallest absolute Gasteiger partial charge is 0.453 e. The van der Waals surface area contributed by atoms with Crippen LogP contribution < -0.4 is 5.32 Å². The van der Waals surface area contributed by atoms with E-state index in [0.29, 0.717) is 19.4 Å². The van der Waals surface area contributed by atoms with Crippen molar-refractivity contribution in [3.05, 3.63) is 12.7 Å². The Morgan fingerprint density at radius 1 is 1.57 bits per heavy atom. The fraction of sp³-hybridized carbons (Fsp3) is 0.750. The summed E-state index contributed by atoms with van der Waals surface area (Å²) in [6.45, 7) is 2.13. The average Bonchev–Trinajstić information content (AvgIpc) is 2.82. The Hall–Kier alpha value is -1.64. The third-order valence-electron chi connectivity index (χ3n) is 4.20. The lowest BCUT2D eigenvalue weighted by atomic mass is 9.64. The van der Waals surface area contributed by atoms with Crippen molar-refractivity contribution in [3.8, 4) is 0 Å². The highest BCUT2D eigenvalue weighted by Crippen LogP contribution is 2.44. The summed E-state index contributed by atoms with van der Waals surface area (Å²) >= 11 is 0. The van der Waals surface area contributed by atoms with E-state index in [-0.39, 0.29) is 12.0 Å². The molecule has 4 unspecified atom stereocenters. The summed E-state index contributed by atoms with van der Waals surface area (Å²) in [5.41, 5.74) is -0.697. The number of nitrogens with one attached hydrogen (secondary N) is 1. The highest BCUT2D eigenvalue weighted by molar-refractivity contribution is 5.76. The molecule has 2 saturated heterocycles. The standard InChI is InChI=1S/C12H15F3N4O2/c1-7-2-8-3-11(18-8,4-19-6-16-5-17-19)9(7)21-10(20)12(13,14)15/h5-9,18H,2-4H2,1H3. The van der Waals surface area contributed by atoms with Gasteiger partial charge in [0.2, 0.25) is 0 Å². The second kappa shape index (κ2) is 4.69. The van der Waals surface area contributed by atoms with Gasteiger partial charge in [-0.2, -0.15) is 18.3 Å². The van der Waals surface area contributed by atoms with Crippen molar-refractivity contribution in [1.82, 2.24) is 20.1 Å². The SMILES string of the molecule is CC1CC2CC(Cn3cncn3)(N2)C1OC(=O)C(F)(F)F. The Bertz CT molecular complexity index is 525. The largest absolute Gasteiger partial charge is 0.490 e. The number of aromatic nitrogens is 3. The minimum Gasteiger partial charge on any atom is -0.453 e. The maximum atomic E-state index is 12.5. The molecule has 116 valence electrons. The average molecular weight is 304 g/mol. The first-order valence-electron chi connectivity index (χ1n) is 6.68. The lowest BCUT2D eigenvalue weighted by Crippen LogP contribution is -2.77. The zero-order chi connectivity index (χ0) is 15.3. The highest BCUT2D eigenvalue weighted by atomic mass is 19.4. The predicted molar refractivity (Wildman–Crippen MR) is 64.0 cm³/mol. The molecule has 2 bridgehead atoms. The molecule has 1 aliphatic carbocycles. The third-order valence-corrected chi connectivity index (χ3v) is 4.20. The molecule has 1 N–H and O–H groups in total. The second-order valence-electron chi connectivity index (χ2n) is 5.83. The Balaban J connectivity index is 1.79. The molecule has 1 saturated carbocycles. The van der Waals surface area contributed by atoms with E-state index in [1.807, 2.05) is 0 Å². The van der Waals surface area contributed by atoms with Crippen molar-refractivity contribution in [3.63, 3.8) is 0 Å². The lowest BCUT2D eigenvalue weighted by Gasteiger charge is -2.59. The molecule has 0 amide bonds. The number of fused-ring (bicyclic) bond motifs is 2. The van der Waals surface area contributed by atoms with Crippen molar-refractivity contribution in [2.45, 2.75) is 50.2 Å². The van der Waals surface area contributed by atoms with Crippen LogP contribution in [0.4, 0.5) is 13.2 Å². The van der Waals surface area contributed by atoms with E-state index in [4.69, 9.17) is 4.74 Å². The van der Waals surface area contributed by atoms with Gasteiger partial charge >= 0.3 is 12.1 Å². The van der Waals surface area contributed by atoms with Crippen LogP contribution in [0.3, 0.4) is 0 Å². The molecule has 4 rings (SSSR count). The molecular formula is C12H15F3N4O2. The van der Waals surface area contributed by atoms with Crippen LogP contribution in [0.5, 0.6) is 0 Å². The molecular weight excluding hydrogens is 289 g/mol. The van der Waals surface area contributed by atoms with Gasteiger partial charge in [0, 0.05) is 6.04 Å². The van der Waals surface area contributed by atoms with Gasteiger partial charge in [0.1, 0.15) is 18.8 Å². The van der Waals surface area contributed by atoms with Gasteiger partial charge in [0.05, 0.1) is 12.1 Å². The summed E-state index contributed by atoms with van der Waals surface area (Å²) in [5, 5.41) is 7.21. The second-order valence-corrected chi connectivity index (χ2v) is 5.83. The van der Waals surface area contributed by atoms with E-state index in [0.717, 1.165) is 0 Å². The maximum absolute atomic E-state index is 12.5. The topological polar surface area (TPSA) is 69.0 Å². The molecule has 3 aliphatic rings. The Kier molecular flexibility index (Phi) is 3.19. The fourth-order valence-corrected chi connectivity index (χ4v) is 3.50. The van der Waals surface area contributed by atoms with Crippen LogP contribution in [-0.4, -0.2) is 44.6 Å². The van der Waals surface area contributed by atoms with Gasteiger partial charge in [-0.3, -0.25) is 4.68 Å². The van der Waals surface area contributed by atoms with Crippen LogP contribution in [0.15, 0.2) is 12.7 Å². The van der Waals surface area contributed by atoms with Crippen molar-refractivity contribution in [2.75, 3.05) is 0 Å². The molecule has 3 fully saturated rings. The van der Waals surface area contributed by atoms with Crippen molar-refractivity contribution >= 4 is 5.97 Å². The van der Waals surface area contributed by atoms with E-state index in [2.05, 4.69) is 15.4 Å². The van der Waals surface area contributed by atoms with Crippen LogP contribution >= 0.6 is 0 Å². The molecule has 0 radical (unpaired) electrons. The molecule has 4 atom stereocenters. The van der Waals surface area contributed by atoms with E-state index >= 15 is 0 Å². The number of hydrogen-bond acceptors (Lipinski definition) is 5. The number of nitrogens with zero attached hydrogens (tertiary/aromatic N) is 3. The molecule has 3 heterocycles. The number of ether oxygens (including phenoxy) is 1. The molecule has 6 nitrogen and oxygen atoms in total. The molecule has 1 aromatic rings. The summed E-state index contributed by atoms with van der Waals surface area (Å²) in [4.78, 5) is 15.0. The Morgan fingerprint density at radius 2 is 2.29 bits per heavy atom. The summed E-state index contributed by atoms with van der Waals surface area (Å²) in [5.74, 6) is -2.27. The van der Waals surface area contributed by atoms with Crippen LogP contribution in [-0.2, 0) is 16.1 Å². The Morgan fingerprint density at radius 3 is 2.86 bits per heavy atom. The number of esters is 1. The molecule has 1 aromatic heterocycles. The van der Waals surface area contributed by atoms with Gasteiger partial charge in [-0.1, -0.05) is 6.92 Å². The van der Waals surface area contributed by atoms with Crippen molar-refractivity contribution < 1.29 is 22.7 Å². The van der Waals surface area contributed by atoms with Gasteiger partial charge < -0.3 is 10.1 Å². The summed E-state index contributed by atoms with van der Waals surface area (Å²) in [6.07, 6.45) is -1.61. The summed E-state index contributed by atoms with van der Waals surface area (Å²) in [7, 11) is 0. The molecule has 0 aromatic carbocycles. The normalized spacial score (nSPS) is 35.1. The maximum Gasteiger partial charge on any atom is 0.490 e. The molecule has 9 heteroatoms. The first kappa shape index (κ1) is 14.3. The molecule has 0 spiro atoms. The van der Waals surface area contributed by atoms with E-state index < -0.39 is 23.8 Å². The van der Waals surface area contributed by atoms with Crippen LogP contribution in [0.2, 0.25) is 0 Å². The number of carbonyl (C=O) groups excluding carboxylic acids is 1. The van der Waals surface area contributed by atoms with Crippen molar-refractivity contribution in [1.29, 1.82) is 0 Å². The first-order chi connectivity index (χ1) is 9.80. The number of piperidine rings is 1. The minimum atomic E-state index is -4.98. The predicted octanol–water partition coefficient (Wildman–Crippen LogP) is 0.893. The quantitative estimate of drug-likeness (QED) is 0.840. The zero-order valence-corrected chi connectivity index (χ0v) is 11.3. The third kappa shape index (κ3) is 2.50. The van der Waals surface area contributed by atoms with Crippen LogP contribution in [0.1, 0.15) is 19.8 Å². The number of halogens is 3. The van der Waals surface area contributed by atoms with Crippen LogP contribution in [0.25, 0.3) is 0 Å². The highest BCUT2D eigenvalue weighted by Gasteiger charge is 2.59. The molecule has 21 heavy (non-hydrogen) atoms. The van der Waals surface area contributed by atoms with E-state index in [9.17, 15) is 18.0 Å². The monoisotopic (exact) mass is 304 g/mol. The fourth-order valence-electron chi connectivity index (χ4n) is 3.50. The molecule has 2 aliphatic heterocycles. The van der Waals surface area contributed by atoms with Gasteiger partial charge in [-0.15, -0.1) is 0 Å². The van der Waals surface area contributed by atoms with Gasteiger partial charge in [-0.25, -0.2) is 9.78 Å². The lowest BCUT2D eigenvalue weighted by molar-refractivity contribution is -0.220. The van der Waals surface area contributed by atoms with E-state index in [1.165, 1.54) is 17.3 Å². The number of hydrogen-bond donors (Lipinski definition) is 1. The van der Waals surface area contributed by atoms with Crippen LogP contribution in [0, 0.1) is 5.92 Å². The van der Waals surface area contributed by atoms with E-state index in [1.54, 1.807) is 6.92 Å². The number of carbonyl (C=O) groups is 1. The van der Waals surface area contributed by atoms with Gasteiger partial charge in [-0.05, 0) is 18.8 Å².